The molecule has 0 aliphatic carbocycles. The van der Waals surface area contributed by atoms with Crippen molar-refractivity contribution in [1.82, 2.24) is 15.3 Å². The first kappa shape index (κ1) is 15.2. The molecule has 7 heteroatoms. The number of hydrogen-bond donors (Lipinski definition) is 1. The van der Waals surface area contributed by atoms with Gasteiger partial charge in [-0.3, -0.25) is 9.78 Å². The van der Waals surface area contributed by atoms with E-state index in [0.29, 0.717) is 5.01 Å². The van der Waals surface area contributed by atoms with Crippen LogP contribution >= 0.6 is 11.3 Å². The van der Waals surface area contributed by atoms with Gasteiger partial charge in [0.2, 0.25) is 0 Å². The molecular formula is C16H11F2N3OS. The van der Waals surface area contributed by atoms with Crippen molar-refractivity contribution in [2.75, 3.05) is 0 Å². The lowest BCUT2D eigenvalue weighted by molar-refractivity contribution is 0.0950. The van der Waals surface area contributed by atoms with Crippen LogP contribution in [0.5, 0.6) is 0 Å². The molecule has 3 rings (SSSR count). The minimum Gasteiger partial charge on any atom is -0.346 e. The van der Waals surface area contributed by atoms with Crippen LogP contribution in [0, 0.1) is 11.6 Å². The van der Waals surface area contributed by atoms with Crippen molar-refractivity contribution < 1.29 is 13.6 Å². The van der Waals surface area contributed by atoms with Crippen molar-refractivity contribution in [3.8, 4) is 11.4 Å². The van der Waals surface area contributed by atoms with E-state index in [1.54, 1.807) is 6.20 Å². The van der Waals surface area contributed by atoms with Gasteiger partial charge < -0.3 is 5.32 Å². The van der Waals surface area contributed by atoms with Gasteiger partial charge in [0.25, 0.3) is 5.91 Å². The van der Waals surface area contributed by atoms with Gasteiger partial charge in [0.1, 0.15) is 5.01 Å². The molecule has 0 fully saturated rings. The monoisotopic (exact) mass is 331 g/mol. The lowest BCUT2D eigenvalue weighted by Gasteiger charge is -2.03. The van der Waals surface area contributed by atoms with Crippen molar-refractivity contribution in [3.05, 3.63) is 70.2 Å². The van der Waals surface area contributed by atoms with Crippen LogP contribution in [0.2, 0.25) is 0 Å². The van der Waals surface area contributed by atoms with E-state index in [1.807, 2.05) is 23.6 Å². The van der Waals surface area contributed by atoms with E-state index in [2.05, 4.69) is 15.3 Å². The summed E-state index contributed by atoms with van der Waals surface area (Å²) in [6.07, 6.45) is 1.68. The minimum atomic E-state index is -1.05. The summed E-state index contributed by atoms with van der Waals surface area (Å²) in [5.74, 6) is -2.52. The molecule has 0 aliphatic heterocycles. The topological polar surface area (TPSA) is 54.9 Å². The summed E-state index contributed by atoms with van der Waals surface area (Å²) in [4.78, 5) is 20.5. The summed E-state index contributed by atoms with van der Waals surface area (Å²) in [5.41, 5.74) is 1.54. The maximum Gasteiger partial charge on any atom is 0.251 e. The van der Waals surface area contributed by atoms with E-state index in [1.165, 1.54) is 17.4 Å². The molecule has 1 aromatic carbocycles. The van der Waals surface area contributed by atoms with Gasteiger partial charge in [-0.1, -0.05) is 6.07 Å². The second kappa shape index (κ2) is 6.62. The van der Waals surface area contributed by atoms with Crippen LogP contribution in [0.15, 0.2) is 48.0 Å². The van der Waals surface area contributed by atoms with Crippen molar-refractivity contribution in [3.63, 3.8) is 0 Å². The molecule has 0 spiro atoms. The highest BCUT2D eigenvalue weighted by atomic mass is 32.1. The first-order valence-electron chi connectivity index (χ1n) is 6.72. The molecular weight excluding hydrogens is 320 g/mol. The van der Waals surface area contributed by atoms with Gasteiger partial charge in [0, 0.05) is 17.1 Å². The molecule has 0 bridgehead atoms. The van der Waals surface area contributed by atoms with Crippen molar-refractivity contribution >= 4 is 17.2 Å². The normalized spacial score (nSPS) is 10.5. The predicted molar refractivity (Wildman–Crippen MR) is 82.9 cm³/mol. The van der Waals surface area contributed by atoms with Gasteiger partial charge >= 0.3 is 0 Å². The zero-order chi connectivity index (χ0) is 16.2. The third-order valence-corrected chi connectivity index (χ3v) is 3.91. The van der Waals surface area contributed by atoms with E-state index in [4.69, 9.17) is 0 Å². The highest BCUT2D eigenvalue weighted by molar-refractivity contribution is 7.09. The van der Waals surface area contributed by atoms with Crippen LogP contribution in [0.25, 0.3) is 11.4 Å². The molecule has 0 unspecified atom stereocenters. The Morgan fingerprint density at radius 3 is 2.74 bits per heavy atom. The van der Waals surface area contributed by atoms with E-state index in [-0.39, 0.29) is 12.1 Å². The number of hydrogen-bond acceptors (Lipinski definition) is 4. The summed E-state index contributed by atoms with van der Waals surface area (Å²) in [7, 11) is 0. The summed E-state index contributed by atoms with van der Waals surface area (Å²) < 4.78 is 26.0. The number of benzene rings is 1. The van der Waals surface area contributed by atoms with Gasteiger partial charge in [-0.15, -0.1) is 11.3 Å². The number of amides is 1. The predicted octanol–water partition coefficient (Wildman–Crippen LogP) is 3.41. The zero-order valence-electron chi connectivity index (χ0n) is 11.8. The highest BCUT2D eigenvalue weighted by Gasteiger charge is 2.11. The molecule has 0 saturated heterocycles. The fourth-order valence-electron chi connectivity index (χ4n) is 1.92. The zero-order valence-corrected chi connectivity index (χ0v) is 12.6. The van der Waals surface area contributed by atoms with Gasteiger partial charge in [0.05, 0.1) is 17.9 Å². The number of pyridine rings is 1. The Morgan fingerprint density at radius 1 is 1.13 bits per heavy atom. The summed E-state index contributed by atoms with van der Waals surface area (Å²) in [6, 6.07) is 8.55. The van der Waals surface area contributed by atoms with Crippen molar-refractivity contribution in [2.24, 2.45) is 0 Å². The van der Waals surface area contributed by atoms with Crippen LogP contribution in [-0.2, 0) is 6.54 Å². The molecule has 0 saturated carbocycles. The highest BCUT2D eigenvalue weighted by Crippen LogP contribution is 2.19. The Hall–Kier alpha value is -2.67. The second-order valence-electron chi connectivity index (χ2n) is 4.65. The first-order chi connectivity index (χ1) is 11.1. The number of nitrogens with zero attached hydrogens (tertiary/aromatic N) is 2. The Labute approximate surface area is 134 Å². The summed E-state index contributed by atoms with van der Waals surface area (Å²) in [6.45, 7) is 0.204. The number of carbonyl (C=O) groups is 1. The first-order valence-corrected chi connectivity index (χ1v) is 7.60. The molecule has 2 aromatic heterocycles. The molecule has 0 atom stereocenters. The van der Waals surface area contributed by atoms with Crippen LogP contribution in [0.1, 0.15) is 15.4 Å². The van der Waals surface area contributed by atoms with Gasteiger partial charge in [0.15, 0.2) is 11.6 Å². The fourth-order valence-corrected chi connectivity index (χ4v) is 2.65. The smallest absolute Gasteiger partial charge is 0.251 e. The van der Waals surface area contributed by atoms with Crippen molar-refractivity contribution in [2.45, 2.75) is 6.54 Å². The molecule has 1 amide bonds. The number of halogens is 2. The maximum absolute atomic E-state index is 13.1. The Balaban J connectivity index is 1.65. The molecule has 0 aliphatic rings. The molecule has 2 heterocycles. The largest absolute Gasteiger partial charge is 0.346 e. The SMILES string of the molecule is O=C(NCc1nc(-c2ccccn2)cs1)c1ccc(F)c(F)c1. The fraction of sp³-hybridized carbons (Fsp3) is 0.0625. The molecule has 23 heavy (non-hydrogen) atoms. The summed E-state index contributed by atoms with van der Waals surface area (Å²) >= 11 is 1.39. The van der Waals surface area contributed by atoms with Crippen LogP contribution in [-0.4, -0.2) is 15.9 Å². The van der Waals surface area contributed by atoms with Gasteiger partial charge in [-0.05, 0) is 30.3 Å². The van der Waals surface area contributed by atoms with E-state index in [9.17, 15) is 13.6 Å². The molecule has 116 valence electrons. The Bertz CT molecular complexity index is 836. The van der Waals surface area contributed by atoms with E-state index < -0.39 is 17.5 Å². The number of carbonyl (C=O) groups excluding carboxylic acids is 1. The van der Waals surface area contributed by atoms with Gasteiger partial charge in [-0.2, -0.15) is 0 Å². The average Bonchev–Trinajstić information content (AvgIpc) is 3.05. The number of rotatable bonds is 4. The number of nitrogens with one attached hydrogen (secondary N) is 1. The minimum absolute atomic E-state index is 0.0606. The average molecular weight is 331 g/mol. The Kier molecular flexibility index (Phi) is 4.38. The van der Waals surface area contributed by atoms with E-state index in [0.717, 1.165) is 23.5 Å². The second-order valence-corrected chi connectivity index (χ2v) is 5.60. The van der Waals surface area contributed by atoms with Crippen molar-refractivity contribution in [1.29, 1.82) is 0 Å². The quantitative estimate of drug-likeness (QED) is 0.797. The van der Waals surface area contributed by atoms with Crippen LogP contribution in [0.4, 0.5) is 8.78 Å². The number of thiazole rings is 1. The number of aromatic nitrogens is 2. The molecule has 0 radical (unpaired) electrons. The maximum atomic E-state index is 13.1. The Morgan fingerprint density at radius 2 is 2.00 bits per heavy atom. The van der Waals surface area contributed by atoms with Crippen LogP contribution < -0.4 is 5.32 Å². The lowest BCUT2D eigenvalue weighted by atomic mass is 10.2. The third kappa shape index (κ3) is 3.57. The van der Waals surface area contributed by atoms with E-state index >= 15 is 0 Å². The molecule has 1 N–H and O–H groups in total. The lowest BCUT2D eigenvalue weighted by Crippen LogP contribution is -2.22. The van der Waals surface area contributed by atoms with Crippen LogP contribution in [0.3, 0.4) is 0 Å². The summed E-state index contributed by atoms with van der Waals surface area (Å²) in [5, 5.41) is 5.17. The van der Waals surface area contributed by atoms with Gasteiger partial charge in [-0.25, -0.2) is 13.8 Å². The standard InChI is InChI=1S/C16H11F2N3OS/c17-11-5-4-10(7-12(11)18)16(22)20-8-15-21-14(9-23-15)13-3-1-2-6-19-13/h1-7,9H,8H2,(H,20,22). The molecule has 3 aromatic rings. The third-order valence-electron chi connectivity index (χ3n) is 3.06. The molecule has 4 nitrogen and oxygen atoms in total.